The average molecular weight is 564 g/mol. The molecule has 0 heterocycles. The molecule has 0 aliphatic heterocycles. The van der Waals surface area contributed by atoms with Crippen LogP contribution >= 0.6 is 11.8 Å². The van der Waals surface area contributed by atoms with Crippen LogP contribution in [0.2, 0.25) is 0 Å². The van der Waals surface area contributed by atoms with Crippen molar-refractivity contribution in [1.29, 1.82) is 0 Å². The molecule has 6 nitrogen and oxygen atoms in total. The number of benzene rings is 4. The first kappa shape index (κ1) is 29.4. The van der Waals surface area contributed by atoms with Crippen molar-refractivity contribution in [3.8, 4) is 11.1 Å². The van der Waals surface area contributed by atoms with E-state index in [1.807, 2.05) is 92.0 Å². The van der Waals surface area contributed by atoms with Gasteiger partial charge in [0.1, 0.15) is 6.04 Å². The van der Waals surface area contributed by atoms with Crippen LogP contribution < -0.4 is 10.2 Å². The van der Waals surface area contributed by atoms with Crippen LogP contribution in [-0.2, 0) is 17.9 Å². The Hall–Kier alpha value is -4.54. The van der Waals surface area contributed by atoms with Gasteiger partial charge in [0.25, 0.3) is 5.91 Å². The summed E-state index contributed by atoms with van der Waals surface area (Å²) in [5.74, 6) is -0.809. The summed E-state index contributed by atoms with van der Waals surface area (Å²) in [5.41, 5.74) is 6.87. The van der Waals surface area contributed by atoms with Gasteiger partial charge in [0.2, 0.25) is 0 Å². The second-order valence-corrected chi connectivity index (χ2v) is 10.8. The van der Waals surface area contributed by atoms with E-state index in [4.69, 9.17) is 6.57 Å². The lowest BCUT2D eigenvalue weighted by Crippen LogP contribution is -2.41. The van der Waals surface area contributed by atoms with Crippen LogP contribution in [0.1, 0.15) is 33.5 Å². The molecule has 7 heteroatoms. The number of carboxylic acids is 1. The Labute approximate surface area is 245 Å². The fourth-order valence-electron chi connectivity index (χ4n) is 4.72. The maximum absolute atomic E-state index is 13.5. The van der Waals surface area contributed by atoms with Crippen molar-refractivity contribution in [2.24, 2.45) is 0 Å². The zero-order valence-corrected chi connectivity index (χ0v) is 24.0. The number of carbonyl (C=O) groups excluding carboxylic acids is 1. The molecule has 4 rings (SSSR count). The summed E-state index contributed by atoms with van der Waals surface area (Å²) < 4.78 is 0. The molecule has 0 bridgehead atoms. The number of carboxylic acid groups (broad SMARTS) is 1. The molecule has 4 aromatic rings. The van der Waals surface area contributed by atoms with Crippen LogP contribution in [-0.4, -0.2) is 35.0 Å². The lowest BCUT2D eigenvalue weighted by molar-refractivity contribution is -0.139. The van der Waals surface area contributed by atoms with Crippen molar-refractivity contribution in [3.05, 3.63) is 131 Å². The molecule has 0 saturated heterocycles. The number of carbonyl (C=O) groups is 2. The molecule has 1 amide bonds. The van der Waals surface area contributed by atoms with Gasteiger partial charge in [0.05, 0.1) is 6.57 Å². The average Bonchev–Trinajstić information content (AvgIpc) is 2.99. The second-order valence-electron chi connectivity index (χ2n) is 9.81. The van der Waals surface area contributed by atoms with E-state index >= 15 is 0 Å². The molecule has 0 aliphatic carbocycles. The number of anilines is 1. The van der Waals surface area contributed by atoms with Crippen LogP contribution in [0, 0.1) is 13.5 Å². The van der Waals surface area contributed by atoms with E-state index in [2.05, 4.69) is 27.2 Å². The highest BCUT2D eigenvalue weighted by molar-refractivity contribution is 7.98. The fraction of sp³-hybridized carbons (Fsp3) is 0.206. The molecule has 0 aliphatic rings. The van der Waals surface area contributed by atoms with E-state index in [-0.39, 0.29) is 0 Å². The summed E-state index contributed by atoms with van der Waals surface area (Å²) in [7, 11) is 0. The molecule has 1 unspecified atom stereocenters. The van der Waals surface area contributed by atoms with E-state index in [1.54, 1.807) is 17.8 Å². The number of thioether (sulfide) groups is 1. The largest absolute Gasteiger partial charge is 0.480 e. The first-order chi connectivity index (χ1) is 19.9. The zero-order chi connectivity index (χ0) is 29.2. The fourth-order valence-corrected chi connectivity index (χ4v) is 5.19. The lowest BCUT2D eigenvalue weighted by atomic mass is 9.93. The molecule has 0 saturated carbocycles. The normalized spacial score (nSPS) is 11.3. The van der Waals surface area contributed by atoms with Crippen LogP contribution in [0.4, 0.5) is 11.4 Å². The van der Waals surface area contributed by atoms with Gasteiger partial charge in [-0.05, 0) is 77.4 Å². The number of aryl methyl sites for hydroxylation is 1. The Morgan fingerprint density at radius 2 is 1.59 bits per heavy atom. The van der Waals surface area contributed by atoms with Gasteiger partial charge in [0.15, 0.2) is 5.69 Å². The molecule has 0 spiro atoms. The zero-order valence-electron chi connectivity index (χ0n) is 23.2. The third-order valence-corrected chi connectivity index (χ3v) is 7.56. The number of nitrogens with one attached hydrogen (secondary N) is 1. The maximum atomic E-state index is 13.5. The van der Waals surface area contributed by atoms with Crippen LogP contribution in [0.15, 0.2) is 97.1 Å². The quantitative estimate of drug-likeness (QED) is 0.176. The Kier molecular flexibility index (Phi) is 10.2. The number of amides is 1. The minimum atomic E-state index is -1.04. The van der Waals surface area contributed by atoms with E-state index < -0.39 is 17.9 Å². The van der Waals surface area contributed by atoms with Crippen molar-refractivity contribution in [1.82, 2.24) is 5.32 Å². The predicted octanol–water partition coefficient (Wildman–Crippen LogP) is 7.36. The molecular weight excluding hydrogens is 530 g/mol. The van der Waals surface area contributed by atoms with Gasteiger partial charge in [0, 0.05) is 24.3 Å². The number of aliphatic carboxylic acids is 1. The van der Waals surface area contributed by atoms with Gasteiger partial charge in [-0.15, -0.1) is 0 Å². The van der Waals surface area contributed by atoms with E-state index in [1.165, 1.54) is 0 Å². The summed E-state index contributed by atoms with van der Waals surface area (Å²) >= 11 is 1.55. The molecule has 0 radical (unpaired) electrons. The van der Waals surface area contributed by atoms with Crippen molar-refractivity contribution in [2.45, 2.75) is 32.5 Å². The van der Waals surface area contributed by atoms with Crippen molar-refractivity contribution < 1.29 is 14.7 Å². The molecule has 4 aromatic carbocycles. The number of nitrogens with zero attached hydrogens (tertiary/aromatic N) is 2. The molecular formula is C34H33N3O3S. The number of hydrogen-bond acceptors (Lipinski definition) is 4. The highest BCUT2D eigenvalue weighted by Gasteiger charge is 2.23. The van der Waals surface area contributed by atoms with Crippen molar-refractivity contribution in [3.63, 3.8) is 0 Å². The summed E-state index contributed by atoms with van der Waals surface area (Å²) in [6.07, 6.45) is 2.26. The topological polar surface area (TPSA) is 74.0 Å². The number of rotatable bonds is 12. The highest BCUT2D eigenvalue weighted by atomic mass is 32.2. The van der Waals surface area contributed by atoms with E-state index in [9.17, 15) is 14.7 Å². The lowest BCUT2D eigenvalue weighted by Gasteiger charge is -2.26. The van der Waals surface area contributed by atoms with E-state index in [0.29, 0.717) is 36.5 Å². The first-order valence-corrected chi connectivity index (χ1v) is 14.8. The summed E-state index contributed by atoms with van der Waals surface area (Å²) in [6, 6.07) is 30.4. The predicted molar refractivity (Wildman–Crippen MR) is 168 cm³/mol. The smallest absolute Gasteiger partial charge is 0.326 e. The Morgan fingerprint density at radius 1 is 0.902 bits per heavy atom. The van der Waals surface area contributed by atoms with Crippen LogP contribution in [0.5, 0.6) is 0 Å². The van der Waals surface area contributed by atoms with Gasteiger partial charge in [-0.2, -0.15) is 11.8 Å². The molecule has 1 atom stereocenters. The molecule has 41 heavy (non-hydrogen) atoms. The minimum Gasteiger partial charge on any atom is -0.480 e. The molecule has 2 N–H and O–H groups in total. The van der Waals surface area contributed by atoms with Crippen LogP contribution in [0.25, 0.3) is 16.0 Å². The first-order valence-electron chi connectivity index (χ1n) is 13.4. The molecule has 208 valence electrons. The Morgan fingerprint density at radius 3 is 2.24 bits per heavy atom. The van der Waals surface area contributed by atoms with E-state index in [0.717, 1.165) is 33.5 Å². The standard InChI is InChI=1S/C34H33N3O3S/c1-24-9-7-8-12-29(24)31-21-26(13-18-30(31)33(38)36-32(34(39)40)19-20-41-3)23-37(22-25-10-5-4-6-11-25)28-16-14-27(35-2)15-17-28/h4-18,21,32H,19-20,22-23H2,1,3H3,(H,36,38)(H,39,40). The van der Waals surface area contributed by atoms with Gasteiger partial charge >= 0.3 is 5.97 Å². The highest BCUT2D eigenvalue weighted by Crippen LogP contribution is 2.30. The van der Waals surface area contributed by atoms with Gasteiger partial charge in [-0.3, -0.25) is 4.79 Å². The third kappa shape index (κ3) is 7.77. The Bertz CT molecular complexity index is 1530. The van der Waals surface area contributed by atoms with Gasteiger partial charge in [-0.25, -0.2) is 9.64 Å². The monoisotopic (exact) mass is 563 g/mol. The minimum absolute atomic E-state index is 0.348. The van der Waals surface area contributed by atoms with Gasteiger partial charge in [-0.1, -0.05) is 72.8 Å². The SMILES string of the molecule is [C-]#[N+]c1ccc(N(Cc2ccccc2)Cc2ccc(C(=O)NC(CCSC)C(=O)O)c(-c3ccccc3C)c2)cc1. The van der Waals surface area contributed by atoms with Gasteiger partial charge < -0.3 is 15.3 Å². The summed E-state index contributed by atoms with van der Waals surface area (Å²) in [6.45, 7) is 10.5. The summed E-state index contributed by atoms with van der Waals surface area (Å²) in [4.78, 5) is 31.1. The third-order valence-electron chi connectivity index (χ3n) is 6.91. The maximum Gasteiger partial charge on any atom is 0.326 e. The van der Waals surface area contributed by atoms with Crippen molar-refractivity contribution >= 4 is 35.0 Å². The Balaban J connectivity index is 1.72. The summed E-state index contributed by atoms with van der Waals surface area (Å²) in [5, 5.41) is 12.4. The molecule has 0 fully saturated rings. The number of hydrogen-bond donors (Lipinski definition) is 2. The molecule has 0 aromatic heterocycles. The van der Waals surface area contributed by atoms with Crippen molar-refractivity contribution in [2.75, 3.05) is 16.9 Å². The van der Waals surface area contributed by atoms with Crippen LogP contribution in [0.3, 0.4) is 0 Å². The second kappa shape index (κ2) is 14.2.